The van der Waals surface area contributed by atoms with Gasteiger partial charge in [0.2, 0.25) is 0 Å². The van der Waals surface area contributed by atoms with Crippen LogP contribution < -0.4 is 0 Å². The van der Waals surface area contributed by atoms with Crippen molar-refractivity contribution in [1.29, 1.82) is 0 Å². The van der Waals surface area contributed by atoms with Crippen LogP contribution in [0.3, 0.4) is 0 Å². The van der Waals surface area contributed by atoms with E-state index in [-0.39, 0.29) is 0 Å². The summed E-state index contributed by atoms with van der Waals surface area (Å²) in [5.74, 6) is 1.85. The second-order valence-electron chi connectivity index (χ2n) is 11.3. The molecule has 4 nitrogen and oxygen atoms in total. The lowest BCUT2D eigenvalue weighted by molar-refractivity contribution is 0.669. The first kappa shape index (κ1) is 25.4. The molecule has 4 heteroatoms. The Bertz CT molecular complexity index is 2530. The molecule has 210 valence electrons. The van der Waals surface area contributed by atoms with E-state index in [1.165, 1.54) is 16.3 Å². The van der Waals surface area contributed by atoms with Gasteiger partial charge in [-0.05, 0) is 63.0 Å². The van der Waals surface area contributed by atoms with Crippen LogP contribution in [0.2, 0.25) is 0 Å². The lowest BCUT2D eigenvalue weighted by Gasteiger charge is -2.10. The summed E-state index contributed by atoms with van der Waals surface area (Å²) < 4.78 is 6.38. The van der Waals surface area contributed by atoms with Crippen molar-refractivity contribution in [2.45, 2.75) is 0 Å². The van der Waals surface area contributed by atoms with Crippen molar-refractivity contribution in [2.75, 3.05) is 0 Å². The zero-order chi connectivity index (χ0) is 29.7. The van der Waals surface area contributed by atoms with Gasteiger partial charge in [0.1, 0.15) is 11.2 Å². The standard InChI is InChI=1S/C41H25N3O/c1-2-8-26(9-3-1)28-14-17-29(18-15-28)39-42-40(33-19-16-27-10-4-5-11-30(27)22-33)44-41(43-39)34-20-21-35-36-23-31-12-6-7-13-32(31)24-38(36)45-37(35)25-34/h1-25H. The lowest BCUT2D eigenvalue weighted by atomic mass is 10.0. The fourth-order valence-electron chi connectivity index (χ4n) is 6.14. The summed E-state index contributed by atoms with van der Waals surface area (Å²) in [5, 5.41) is 6.83. The molecule has 45 heavy (non-hydrogen) atoms. The summed E-state index contributed by atoms with van der Waals surface area (Å²) >= 11 is 0. The third-order valence-corrected chi connectivity index (χ3v) is 8.49. The van der Waals surface area contributed by atoms with Crippen molar-refractivity contribution >= 4 is 43.5 Å². The summed E-state index contributed by atoms with van der Waals surface area (Å²) in [6, 6.07) is 52.4. The highest BCUT2D eigenvalue weighted by Crippen LogP contribution is 2.35. The number of benzene rings is 7. The number of hydrogen-bond acceptors (Lipinski definition) is 4. The van der Waals surface area contributed by atoms with Crippen LogP contribution in [0.5, 0.6) is 0 Å². The van der Waals surface area contributed by atoms with Crippen LogP contribution in [0.1, 0.15) is 0 Å². The van der Waals surface area contributed by atoms with Gasteiger partial charge in [-0.1, -0.05) is 121 Å². The first-order valence-corrected chi connectivity index (χ1v) is 15.0. The van der Waals surface area contributed by atoms with Gasteiger partial charge in [-0.25, -0.2) is 15.0 Å². The molecule has 0 fully saturated rings. The molecule has 0 spiro atoms. The van der Waals surface area contributed by atoms with E-state index in [9.17, 15) is 0 Å². The Morgan fingerprint density at radius 1 is 0.311 bits per heavy atom. The smallest absolute Gasteiger partial charge is 0.164 e. The van der Waals surface area contributed by atoms with E-state index in [4.69, 9.17) is 19.4 Å². The molecule has 7 aromatic carbocycles. The minimum atomic E-state index is 0.600. The average Bonchev–Trinajstić information content (AvgIpc) is 3.47. The van der Waals surface area contributed by atoms with Gasteiger partial charge in [0, 0.05) is 27.5 Å². The van der Waals surface area contributed by atoms with Crippen molar-refractivity contribution in [2.24, 2.45) is 0 Å². The molecule has 0 aliphatic carbocycles. The van der Waals surface area contributed by atoms with E-state index in [1.54, 1.807) is 0 Å². The van der Waals surface area contributed by atoms with Gasteiger partial charge < -0.3 is 4.42 Å². The van der Waals surface area contributed by atoms with Gasteiger partial charge >= 0.3 is 0 Å². The third kappa shape index (κ3) is 4.52. The zero-order valence-electron chi connectivity index (χ0n) is 24.2. The van der Waals surface area contributed by atoms with Gasteiger partial charge in [-0.2, -0.15) is 0 Å². The van der Waals surface area contributed by atoms with E-state index in [1.807, 2.05) is 12.1 Å². The lowest BCUT2D eigenvalue weighted by Crippen LogP contribution is -2.00. The van der Waals surface area contributed by atoms with Crippen LogP contribution in [0, 0.1) is 0 Å². The van der Waals surface area contributed by atoms with Crippen molar-refractivity contribution in [3.8, 4) is 45.3 Å². The van der Waals surface area contributed by atoms with E-state index in [2.05, 4.69) is 140 Å². The molecule has 9 rings (SSSR count). The highest BCUT2D eigenvalue weighted by atomic mass is 16.3. The van der Waals surface area contributed by atoms with Crippen LogP contribution >= 0.6 is 0 Å². The number of aromatic nitrogens is 3. The Kier molecular flexibility index (Phi) is 5.78. The zero-order valence-corrected chi connectivity index (χ0v) is 24.2. The number of nitrogens with zero attached hydrogens (tertiary/aromatic N) is 3. The Labute approximate surface area is 259 Å². The molecule has 0 saturated heterocycles. The summed E-state index contributed by atoms with van der Waals surface area (Å²) in [5.41, 5.74) is 6.73. The quantitative estimate of drug-likeness (QED) is 0.209. The second kappa shape index (κ2) is 10.2. The van der Waals surface area contributed by atoms with Crippen molar-refractivity contribution in [1.82, 2.24) is 15.0 Å². The van der Waals surface area contributed by atoms with Crippen molar-refractivity contribution in [3.63, 3.8) is 0 Å². The number of hydrogen-bond donors (Lipinski definition) is 0. The van der Waals surface area contributed by atoms with Gasteiger partial charge in [0.05, 0.1) is 0 Å². The SMILES string of the molecule is c1ccc(-c2ccc(-c3nc(-c4ccc5ccccc5c4)nc(-c4ccc5c(c4)oc4cc6ccccc6cc45)n3)cc2)cc1. The van der Waals surface area contributed by atoms with Gasteiger partial charge in [0.25, 0.3) is 0 Å². The molecule has 0 radical (unpaired) electrons. The van der Waals surface area contributed by atoms with E-state index in [0.29, 0.717) is 17.5 Å². The largest absolute Gasteiger partial charge is 0.456 e. The Morgan fingerprint density at radius 3 is 1.53 bits per heavy atom. The summed E-state index contributed by atoms with van der Waals surface area (Å²) in [7, 11) is 0. The summed E-state index contributed by atoms with van der Waals surface area (Å²) in [6.45, 7) is 0. The molecule has 0 saturated carbocycles. The van der Waals surface area contributed by atoms with E-state index < -0.39 is 0 Å². The van der Waals surface area contributed by atoms with Crippen LogP contribution in [0.15, 0.2) is 156 Å². The molecular formula is C41H25N3O. The highest BCUT2D eigenvalue weighted by Gasteiger charge is 2.15. The van der Waals surface area contributed by atoms with Gasteiger partial charge in [-0.3, -0.25) is 0 Å². The normalized spacial score (nSPS) is 11.6. The maximum absolute atomic E-state index is 6.38. The molecule has 2 aromatic heterocycles. The van der Waals surface area contributed by atoms with Crippen LogP contribution in [-0.4, -0.2) is 15.0 Å². The van der Waals surface area contributed by atoms with Crippen molar-refractivity contribution in [3.05, 3.63) is 152 Å². The average molecular weight is 576 g/mol. The molecule has 0 aliphatic heterocycles. The Morgan fingerprint density at radius 2 is 0.800 bits per heavy atom. The number of fused-ring (bicyclic) bond motifs is 5. The van der Waals surface area contributed by atoms with Crippen LogP contribution in [0.25, 0.3) is 88.8 Å². The summed E-state index contributed by atoms with van der Waals surface area (Å²) in [4.78, 5) is 15.0. The molecular weight excluding hydrogens is 550 g/mol. The number of rotatable bonds is 4. The Hall–Kier alpha value is -6.13. The van der Waals surface area contributed by atoms with Gasteiger partial charge in [0.15, 0.2) is 17.5 Å². The van der Waals surface area contributed by atoms with E-state index in [0.717, 1.165) is 55.0 Å². The predicted molar refractivity (Wildman–Crippen MR) is 184 cm³/mol. The maximum atomic E-state index is 6.38. The third-order valence-electron chi connectivity index (χ3n) is 8.49. The second-order valence-corrected chi connectivity index (χ2v) is 11.3. The first-order chi connectivity index (χ1) is 22.2. The highest BCUT2D eigenvalue weighted by molar-refractivity contribution is 6.10. The van der Waals surface area contributed by atoms with Crippen molar-refractivity contribution < 1.29 is 4.42 Å². The molecule has 9 aromatic rings. The fourth-order valence-corrected chi connectivity index (χ4v) is 6.14. The molecule has 0 atom stereocenters. The van der Waals surface area contributed by atoms with E-state index >= 15 is 0 Å². The first-order valence-electron chi connectivity index (χ1n) is 15.0. The predicted octanol–water partition coefficient (Wildman–Crippen LogP) is 10.7. The molecule has 2 heterocycles. The van der Waals surface area contributed by atoms with Crippen LogP contribution in [-0.2, 0) is 0 Å². The maximum Gasteiger partial charge on any atom is 0.164 e. The topological polar surface area (TPSA) is 51.8 Å². The molecule has 0 bridgehead atoms. The molecule has 0 aliphatic rings. The Balaban J connectivity index is 1.20. The molecule has 0 unspecified atom stereocenters. The monoisotopic (exact) mass is 575 g/mol. The molecule has 0 amide bonds. The van der Waals surface area contributed by atoms with Gasteiger partial charge in [-0.15, -0.1) is 0 Å². The fraction of sp³-hybridized carbons (Fsp3) is 0. The minimum absolute atomic E-state index is 0.600. The summed E-state index contributed by atoms with van der Waals surface area (Å²) in [6.07, 6.45) is 0. The number of furan rings is 1. The van der Waals surface area contributed by atoms with Crippen LogP contribution in [0.4, 0.5) is 0 Å². The molecule has 0 N–H and O–H groups in total. The minimum Gasteiger partial charge on any atom is -0.456 e.